The van der Waals surface area contributed by atoms with Gasteiger partial charge in [-0.15, -0.1) is 0 Å². The summed E-state index contributed by atoms with van der Waals surface area (Å²) in [7, 11) is 0. The molecule has 0 aliphatic heterocycles. The fraction of sp³-hybridized carbons (Fsp3) is 0.857. The highest BCUT2D eigenvalue weighted by Gasteiger charge is 2.21. The zero-order valence-electron chi connectivity index (χ0n) is 11.5. The monoisotopic (exact) mass is 255 g/mol. The largest absolute Gasteiger partial charge is 0.466 e. The van der Waals surface area contributed by atoms with Crippen LogP contribution in [0.15, 0.2) is 0 Å². The molecule has 1 aliphatic rings. The minimum atomic E-state index is -0.294. The second-order valence-electron chi connectivity index (χ2n) is 5.06. The predicted molar refractivity (Wildman–Crippen MR) is 70.0 cm³/mol. The molecule has 0 aromatic rings. The van der Waals surface area contributed by atoms with E-state index in [-0.39, 0.29) is 30.8 Å². The van der Waals surface area contributed by atoms with Crippen molar-refractivity contribution in [3.05, 3.63) is 0 Å². The maximum Gasteiger partial charge on any atom is 0.306 e. The van der Waals surface area contributed by atoms with Crippen LogP contribution in [0.1, 0.15) is 58.8 Å². The average molecular weight is 255 g/mol. The van der Waals surface area contributed by atoms with Gasteiger partial charge in [0.15, 0.2) is 0 Å². The van der Waals surface area contributed by atoms with Gasteiger partial charge in [-0.1, -0.05) is 19.3 Å². The van der Waals surface area contributed by atoms with E-state index in [1.165, 1.54) is 32.1 Å². The average Bonchev–Trinajstić information content (AvgIpc) is 2.38. The summed E-state index contributed by atoms with van der Waals surface area (Å²) in [5.41, 5.74) is 0. The lowest BCUT2D eigenvalue weighted by Crippen LogP contribution is -2.39. The van der Waals surface area contributed by atoms with Crippen molar-refractivity contribution in [1.29, 1.82) is 0 Å². The fourth-order valence-electron chi connectivity index (χ4n) is 2.53. The van der Waals surface area contributed by atoms with Crippen LogP contribution < -0.4 is 5.32 Å². The molecular weight excluding hydrogens is 230 g/mol. The van der Waals surface area contributed by atoms with Crippen LogP contribution >= 0.6 is 0 Å². The first-order valence-electron chi connectivity index (χ1n) is 7.08. The van der Waals surface area contributed by atoms with Gasteiger partial charge in [0.1, 0.15) is 0 Å². The summed E-state index contributed by atoms with van der Waals surface area (Å²) in [5.74, 6) is 0.268. The third-order valence-electron chi connectivity index (χ3n) is 3.61. The van der Waals surface area contributed by atoms with Crippen molar-refractivity contribution in [3.8, 4) is 0 Å². The van der Waals surface area contributed by atoms with Crippen molar-refractivity contribution in [2.75, 3.05) is 6.61 Å². The van der Waals surface area contributed by atoms with Crippen molar-refractivity contribution in [2.24, 2.45) is 5.92 Å². The first-order valence-corrected chi connectivity index (χ1v) is 7.08. The Balaban J connectivity index is 2.20. The number of ether oxygens (including phenoxy) is 1. The molecule has 0 radical (unpaired) electrons. The van der Waals surface area contributed by atoms with E-state index in [1.807, 2.05) is 0 Å². The molecular formula is C14H25NO3. The molecule has 0 saturated heterocycles. The van der Waals surface area contributed by atoms with E-state index in [4.69, 9.17) is 4.74 Å². The van der Waals surface area contributed by atoms with Gasteiger partial charge in [-0.2, -0.15) is 0 Å². The molecule has 4 nitrogen and oxygen atoms in total. The smallest absolute Gasteiger partial charge is 0.306 e. The minimum absolute atomic E-state index is 0.0406. The molecule has 0 spiro atoms. The van der Waals surface area contributed by atoms with E-state index in [0.717, 1.165) is 0 Å². The lowest BCUT2D eigenvalue weighted by molar-refractivity contribution is -0.144. The van der Waals surface area contributed by atoms with Gasteiger partial charge in [-0.05, 0) is 32.6 Å². The van der Waals surface area contributed by atoms with Gasteiger partial charge in [-0.3, -0.25) is 9.59 Å². The number of nitrogens with one attached hydrogen (secondary N) is 1. The highest BCUT2D eigenvalue weighted by molar-refractivity contribution is 5.81. The lowest BCUT2D eigenvalue weighted by Gasteiger charge is -2.28. The standard InChI is InChI=1S/C14H25NO3/c1-3-18-14(17)10-9-13(16)15-11(2)12-7-5-4-6-8-12/h11-12H,3-10H2,1-2H3,(H,15,16)/t11-/m1/s1. The van der Waals surface area contributed by atoms with Gasteiger partial charge in [0.25, 0.3) is 0 Å². The van der Waals surface area contributed by atoms with E-state index in [1.54, 1.807) is 6.92 Å². The molecule has 0 aromatic carbocycles. The summed E-state index contributed by atoms with van der Waals surface area (Å²) in [6.07, 6.45) is 6.69. The van der Waals surface area contributed by atoms with Crippen molar-refractivity contribution in [1.82, 2.24) is 5.32 Å². The Kier molecular flexibility index (Phi) is 6.76. The molecule has 1 N–H and O–H groups in total. The topological polar surface area (TPSA) is 55.4 Å². The second kappa shape index (κ2) is 8.11. The summed E-state index contributed by atoms with van der Waals surface area (Å²) >= 11 is 0. The maximum atomic E-state index is 11.7. The number of hydrogen-bond donors (Lipinski definition) is 1. The van der Waals surface area contributed by atoms with E-state index in [9.17, 15) is 9.59 Å². The Hall–Kier alpha value is -1.06. The number of carbonyl (C=O) groups excluding carboxylic acids is 2. The van der Waals surface area contributed by atoms with Crippen molar-refractivity contribution in [3.63, 3.8) is 0 Å². The van der Waals surface area contributed by atoms with Gasteiger partial charge in [0.05, 0.1) is 13.0 Å². The SMILES string of the molecule is CCOC(=O)CCC(=O)N[C@H](C)C1CCCCC1. The highest BCUT2D eigenvalue weighted by atomic mass is 16.5. The van der Waals surface area contributed by atoms with Crippen LogP contribution in [0.3, 0.4) is 0 Å². The Bertz CT molecular complexity index is 272. The van der Waals surface area contributed by atoms with E-state index in [0.29, 0.717) is 12.5 Å². The van der Waals surface area contributed by atoms with Gasteiger partial charge < -0.3 is 10.1 Å². The Morgan fingerprint density at radius 2 is 1.89 bits per heavy atom. The van der Waals surface area contributed by atoms with Crippen LogP contribution in [0.25, 0.3) is 0 Å². The first-order chi connectivity index (χ1) is 8.63. The predicted octanol–water partition coefficient (Wildman–Crippen LogP) is 2.41. The molecule has 1 saturated carbocycles. The third-order valence-corrected chi connectivity index (χ3v) is 3.61. The summed E-state index contributed by atoms with van der Waals surface area (Å²) in [6, 6.07) is 0.222. The summed E-state index contributed by atoms with van der Waals surface area (Å²) in [6.45, 7) is 4.21. The van der Waals surface area contributed by atoms with Crippen LogP contribution in [0, 0.1) is 5.92 Å². The molecule has 4 heteroatoms. The molecule has 1 amide bonds. The normalized spacial score (nSPS) is 18.1. The molecule has 1 rings (SSSR count). The zero-order valence-corrected chi connectivity index (χ0v) is 11.5. The second-order valence-corrected chi connectivity index (χ2v) is 5.06. The third kappa shape index (κ3) is 5.52. The molecule has 0 bridgehead atoms. The minimum Gasteiger partial charge on any atom is -0.466 e. The molecule has 1 fully saturated rings. The fourth-order valence-corrected chi connectivity index (χ4v) is 2.53. The van der Waals surface area contributed by atoms with Crippen molar-refractivity contribution in [2.45, 2.75) is 64.8 Å². The number of hydrogen-bond acceptors (Lipinski definition) is 3. The molecule has 1 aliphatic carbocycles. The number of amides is 1. The first kappa shape index (κ1) is 15.0. The van der Waals surface area contributed by atoms with Gasteiger partial charge in [0, 0.05) is 12.5 Å². The van der Waals surface area contributed by atoms with Crippen molar-refractivity contribution >= 4 is 11.9 Å². The van der Waals surface area contributed by atoms with Gasteiger partial charge in [-0.25, -0.2) is 0 Å². The number of rotatable bonds is 6. The molecule has 0 aromatic heterocycles. The lowest BCUT2D eigenvalue weighted by atomic mass is 9.84. The molecule has 0 heterocycles. The molecule has 1 atom stereocenters. The van der Waals surface area contributed by atoms with Gasteiger partial charge >= 0.3 is 5.97 Å². The highest BCUT2D eigenvalue weighted by Crippen LogP contribution is 2.26. The number of esters is 1. The molecule has 104 valence electrons. The summed E-state index contributed by atoms with van der Waals surface area (Å²) < 4.78 is 4.79. The van der Waals surface area contributed by atoms with Crippen LogP contribution in [0.2, 0.25) is 0 Å². The quantitative estimate of drug-likeness (QED) is 0.742. The molecule has 18 heavy (non-hydrogen) atoms. The van der Waals surface area contributed by atoms with E-state index >= 15 is 0 Å². The van der Waals surface area contributed by atoms with Crippen LogP contribution in [0.4, 0.5) is 0 Å². The molecule has 0 unspecified atom stereocenters. The summed E-state index contributed by atoms with van der Waals surface area (Å²) in [5, 5.41) is 3.00. The zero-order chi connectivity index (χ0) is 13.4. The van der Waals surface area contributed by atoms with Gasteiger partial charge in [0.2, 0.25) is 5.91 Å². The van der Waals surface area contributed by atoms with Crippen molar-refractivity contribution < 1.29 is 14.3 Å². The van der Waals surface area contributed by atoms with Crippen LogP contribution in [-0.2, 0) is 14.3 Å². The Labute approximate surface area is 109 Å². The number of carbonyl (C=O) groups is 2. The maximum absolute atomic E-state index is 11.7. The van der Waals surface area contributed by atoms with Crippen LogP contribution in [0.5, 0.6) is 0 Å². The van der Waals surface area contributed by atoms with E-state index < -0.39 is 0 Å². The van der Waals surface area contributed by atoms with Crippen LogP contribution in [-0.4, -0.2) is 24.5 Å². The van der Waals surface area contributed by atoms with E-state index in [2.05, 4.69) is 12.2 Å². The Morgan fingerprint density at radius 1 is 1.22 bits per heavy atom. The summed E-state index contributed by atoms with van der Waals surface area (Å²) in [4.78, 5) is 22.8. The Morgan fingerprint density at radius 3 is 2.50 bits per heavy atom.